The second-order valence-electron chi connectivity index (χ2n) is 11.7. The van der Waals surface area contributed by atoms with Gasteiger partial charge in [0.25, 0.3) is 0 Å². The van der Waals surface area contributed by atoms with Crippen molar-refractivity contribution in [1.29, 1.82) is 0 Å². The van der Waals surface area contributed by atoms with Crippen LogP contribution in [0.4, 0.5) is 0 Å². The van der Waals surface area contributed by atoms with Crippen molar-refractivity contribution in [1.82, 2.24) is 4.57 Å². The van der Waals surface area contributed by atoms with Crippen molar-refractivity contribution in [2.75, 3.05) is 0 Å². The summed E-state index contributed by atoms with van der Waals surface area (Å²) in [4.78, 5) is 17.9. The van der Waals surface area contributed by atoms with E-state index in [1.165, 1.54) is 6.92 Å². The Kier molecular flexibility index (Phi) is 8.66. The molecule has 1 heterocycles. The number of carbonyl (C=O) groups is 1. The summed E-state index contributed by atoms with van der Waals surface area (Å²) in [5, 5.41) is 33.3. The number of aryl methyl sites for hydroxylation is 1. The van der Waals surface area contributed by atoms with Crippen LogP contribution in [-0.4, -0.2) is 31.6 Å². The summed E-state index contributed by atoms with van der Waals surface area (Å²) in [6.45, 7) is 22.9. The Labute approximate surface area is 275 Å². The highest BCUT2D eigenvalue weighted by Crippen LogP contribution is 2.45. The lowest BCUT2D eigenvalue weighted by molar-refractivity contribution is 0.0688. The van der Waals surface area contributed by atoms with E-state index in [1.54, 1.807) is 30.6 Å². The molecule has 0 aliphatic heterocycles. The highest BCUT2D eigenvalue weighted by molar-refractivity contribution is 6.11. The molecule has 0 radical (unpaired) electrons. The van der Waals surface area contributed by atoms with Gasteiger partial charge in [0.2, 0.25) is 0 Å². The van der Waals surface area contributed by atoms with E-state index in [0.717, 1.165) is 39.1 Å². The maximum absolute atomic E-state index is 13.2. The lowest BCUT2D eigenvalue weighted by Crippen LogP contribution is -2.11. The van der Waals surface area contributed by atoms with Crippen LogP contribution in [0, 0.1) is 20.8 Å². The van der Waals surface area contributed by atoms with E-state index in [-0.39, 0.29) is 17.2 Å². The van der Waals surface area contributed by atoms with E-state index in [2.05, 4.69) is 25.5 Å². The minimum atomic E-state index is -1.17. The number of fused-ring (bicyclic) bond motifs is 1. The minimum absolute atomic E-state index is 0.00354. The normalized spacial score (nSPS) is 13.6. The molecule has 0 bridgehead atoms. The van der Waals surface area contributed by atoms with Crippen LogP contribution in [0.25, 0.3) is 39.5 Å². The Bertz CT molecular complexity index is 2210. The van der Waals surface area contributed by atoms with Gasteiger partial charge in [-0.2, -0.15) is 0 Å². The third-order valence-corrected chi connectivity index (χ3v) is 8.98. The molecule has 1 aliphatic carbocycles. The third kappa shape index (κ3) is 5.39. The number of aromatic hydroxyl groups is 1. The SMILES string of the molecule is C=CC1=CC(/C(C)=N/C(=C)c2ccccc2)=C=C1c1cccc(-n2c(C(=O)O)c(/C(C)=C(\C)O)c3c(C)c(C)c(O)c(C=C)c32)c1C. The molecule has 0 spiro atoms. The highest BCUT2D eigenvalue weighted by atomic mass is 16.4. The van der Waals surface area contributed by atoms with Crippen LogP contribution in [0.1, 0.15) is 70.2 Å². The number of phenolic OH excluding ortho intramolecular Hbond substituents is 1. The molecule has 236 valence electrons. The van der Waals surface area contributed by atoms with Crippen molar-refractivity contribution in [2.24, 2.45) is 4.99 Å². The van der Waals surface area contributed by atoms with Crippen molar-refractivity contribution in [3.8, 4) is 11.4 Å². The number of aromatic nitrogens is 1. The standard InChI is InChI=1S/C41H38N2O4/c1-10-29-20-31(27(8)42-26(7)30-16-13-12-14-17-30)21-34(29)33-18-15-19-35(25(33)6)43-38-32(11-2)40(45)23(4)22(3)36(38)37(24(5)28(9)44)39(43)41(46)47/h10-20,44-45H,1-2,7H2,3-6,8-9H3,(H,46,47)/b28-24+,42-27+. The zero-order chi connectivity index (χ0) is 34.3. The smallest absolute Gasteiger partial charge is 0.353 e. The summed E-state index contributed by atoms with van der Waals surface area (Å²) in [7, 11) is 0. The van der Waals surface area contributed by atoms with Gasteiger partial charge in [-0.3, -0.25) is 4.99 Å². The number of benzene rings is 3. The number of aliphatic imine (C=N–C) groups is 1. The van der Waals surface area contributed by atoms with Crippen molar-refractivity contribution >= 4 is 45.5 Å². The van der Waals surface area contributed by atoms with Crippen molar-refractivity contribution in [2.45, 2.75) is 41.5 Å². The first-order valence-corrected chi connectivity index (χ1v) is 15.2. The van der Waals surface area contributed by atoms with Gasteiger partial charge in [0.05, 0.1) is 28.4 Å². The van der Waals surface area contributed by atoms with Gasteiger partial charge in [-0.15, -0.1) is 5.73 Å². The molecule has 6 heteroatoms. The average Bonchev–Trinajstić information content (AvgIpc) is 3.64. The Morgan fingerprint density at radius 1 is 0.915 bits per heavy atom. The van der Waals surface area contributed by atoms with Gasteiger partial charge >= 0.3 is 5.97 Å². The highest BCUT2D eigenvalue weighted by Gasteiger charge is 2.31. The molecular weight excluding hydrogens is 584 g/mol. The second kappa shape index (κ2) is 12.5. The summed E-state index contributed by atoms with van der Waals surface area (Å²) >= 11 is 0. The predicted octanol–water partition coefficient (Wildman–Crippen LogP) is 10.1. The lowest BCUT2D eigenvalue weighted by Gasteiger charge is -2.18. The topological polar surface area (TPSA) is 95.1 Å². The zero-order valence-electron chi connectivity index (χ0n) is 27.6. The zero-order valence-corrected chi connectivity index (χ0v) is 27.6. The minimum Gasteiger partial charge on any atom is -0.512 e. The average molecular weight is 623 g/mol. The number of aliphatic hydroxyl groups is 1. The van der Waals surface area contributed by atoms with Gasteiger partial charge < -0.3 is 19.9 Å². The van der Waals surface area contributed by atoms with Crippen LogP contribution in [-0.2, 0) is 0 Å². The van der Waals surface area contributed by atoms with Crippen LogP contribution < -0.4 is 0 Å². The molecule has 5 rings (SSSR count). The van der Waals surface area contributed by atoms with Crippen LogP contribution in [0.15, 0.2) is 108 Å². The number of carboxylic acid groups (broad SMARTS) is 1. The maximum Gasteiger partial charge on any atom is 0.353 e. The number of aliphatic hydroxyl groups excluding tert-OH is 1. The van der Waals surface area contributed by atoms with Crippen molar-refractivity contribution in [3.63, 3.8) is 0 Å². The van der Waals surface area contributed by atoms with Gasteiger partial charge in [0, 0.05) is 27.7 Å². The molecule has 0 unspecified atom stereocenters. The van der Waals surface area contributed by atoms with Crippen molar-refractivity contribution in [3.05, 3.63) is 148 Å². The van der Waals surface area contributed by atoms with Crippen LogP contribution in [0.2, 0.25) is 0 Å². The number of rotatable bonds is 9. The van der Waals surface area contributed by atoms with E-state index in [1.807, 2.05) is 75.4 Å². The first-order chi connectivity index (χ1) is 22.3. The van der Waals surface area contributed by atoms with Crippen LogP contribution in [0.3, 0.4) is 0 Å². The second-order valence-corrected chi connectivity index (χ2v) is 11.7. The summed E-state index contributed by atoms with van der Waals surface area (Å²) < 4.78 is 1.66. The van der Waals surface area contributed by atoms with E-state index < -0.39 is 5.97 Å². The molecule has 1 aliphatic rings. The van der Waals surface area contributed by atoms with Crippen LogP contribution in [0.5, 0.6) is 5.75 Å². The molecular formula is C41H38N2O4. The van der Waals surface area contributed by atoms with E-state index in [9.17, 15) is 20.1 Å². The summed E-state index contributed by atoms with van der Waals surface area (Å²) in [6.07, 6.45) is 5.29. The molecule has 1 aromatic heterocycles. The summed E-state index contributed by atoms with van der Waals surface area (Å²) in [5.74, 6) is -1.14. The Hall–Kier alpha value is -5.84. The van der Waals surface area contributed by atoms with Crippen LogP contribution >= 0.6 is 0 Å². The lowest BCUT2D eigenvalue weighted by atomic mass is 9.93. The van der Waals surface area contributed by atoms with Gasteiger partial charge in [0.1, 0.15) is 11.4 Å². The molecule has 6 nitrogen and oxygen atoms in total. The van der Waals surface area contributed by atoms with E-state index >= 15 is 0 Å². The number of hydrogen-bond acceptors (Lipinski definition) is 4. The molecule has 0 atom stereocenters. The van der Waals surface area contributed by atoms with Gasteiger partial charge in [-0.25, -0.2) is 4.79 Å². The molecule has 0 amide bonds. The fraction of sp³-hybridized carbons (Fsp3) is 0.146. The quantitative estimate of drug-likeness (QED) is 0.0983. The van der Waals surface area contributed by atoms with E-state index in [4.69, 9.17) is 4.99 Å². The molecule has 0 fully saturated rings. The molecule has 3 N–H and O–H groups in total. The Morgan fingerprint density at radius 2 is 1.60 bits per heavy atom. The van der Waals surface area contributed by atoms with Crippen molar-refractivity contribution < 1.29 is 20.1 Å². The first kappa shape index (κ1) is 32.6. The van der Waals surface area contributed by atoms with Gasteiger partial charge in [0.15, 0.2) is 0 Å². The number of carboxylic acids is 1. The fourth-order valence-corrected chi connectivity index (χ4v) is 6.20. The number of hydrogen-bond donors (Lipinski definition) is 3. The predicted molar refractivity (Wildman–Crippen MR) is 194 cm³/mol. The number of phenols is 1. The maximum atomic E-state index is 13.2. The Balaban J connectivity index is 1.84. The number of nitrogens with zero attached hydrogens (tertiary/aromatic N) is 2. The number of allylic oxidation sites excluding steroid dienone is 6. The van der Waals surface area contributed by atoms with Gasteiger partial charge in [-0.1, -0.05) is 74.4 Å². The molecule has 4 aromatic rings. The van der Waals surface area contributed by atoms with E-state index in [0.29, 0.717) is 50.1 Å². The monoisotopic (exact) mass is 622 g/mol. The molecule has 0 saturated heterocycles. The Morgan fingerprint density at radius 3 is 2.19 bits per heavy atom. The largest absolute Gasteiger partial charge is 0.512 e. The molecule has 3 aromatic carbocycles. The van der Waals surface area contributed by atoms with Gasteiger partial charge in [-0.05, 0) is 92.6 Å². The fourth-order valence-electron chi connectivity index (χ4n) is 6.20. The summed E-state index contributed by atoms with van der Waals surface area (Å²) in [5.41, 5.74) is 13.5. The third-order valence-electron chi connectivity index (χ3n) is 8.98. The first-order valence-electron chi connectivity index (χ1n) is 15.2. The molecule has 47 heavy (non-hydrogen) atoms. The summed E-state index contributed by atoms with van der Waals surface area (Å²) in [6, 6.07) is 15.5. The molecule has 0 saturated carbocycles. The number of aromatic carboxylic acids is 1.